The monoisotopic (exact) mass is 404 g/mol. The second-order valence-corrected chi connectivity index (χ2v) is 9.51. The summed E-state index contributed by atoms with van der Waals surface area (Å²) >= 11 is 0. The molecule has 7 heteroatoms. The summed E-state index contributed by atoms with van der Waals surface area (Å²) in [4.78, 5) is 24.7. The first-order chi connectivity index (χ1) is 14.6. The smallest absolute Gasteiger partial charge is 0.227 e. The molecule has 4 heterocycles. The molecule has 4 bridgehead atoms. The number of hydrogen-bond acceptors (Lipinski definition) is 5. The van der Waals surface area contributed by atoms with Crippen molar-refractivity contribution in [2.45, 2.75) is 57.0 Å². The van der Waals surface area contributed by atoms with E-state index in [2.05, 4.69) is 26.4 Å². The van der Waals surface area contributed by atoms with Crippen LogP contribution in [-0.2, 0) is 11.8 Å². The third kappa shape index (κ3) is 3.02. The molecule has 1 N–H and O–H groups in total. The minimum Gasteiger partial charge on any atom is -0.333 e. The Labute approximate surface area is 176 Å². The van der Waals surface area contributed by atoms with Gasteiger partial charge in [-0.1, -0.05) is 6.08 Å². The lowest BCUT2D eigenvalue weighted by Crippen LogP contribution is -2.51. The Morgan fingerprint density at radius 3 is 2.83 bits per heavy atom. The summed E-state index contributed by atoms with van der Waals surface area (Å²) in [6, 6.07) is 2.53. The summed E-state index contributed by atoms with van der Waals surface area (Å²) in [5.74, 6) is 2.86. The van der Waals surface area contributed by atoms with Crippen molar-refractivity contribution in [1.29, 1.82) is 0 Å². The molecule has 0 radical (unpaired) electrons. The third-order valence-corrected chi connectivity index (χ3v) is 7.64. The number of aromatic nitrogens is 4. The van der Waals surface area contributed by atoms with E-state index < -0.39 is 0 Å². The molecule has 0 aromatic carbocycles. The number of carbonyl (C=O) groups is 1. The molecule has 5 aliphatic rings. The molecule has 30 heavy (non-hydrogen) atoms. The highest BCUT2D eigenvalue weighted by Gasteiger charge is 2.48. The summed E-state index contributed by atoms with van der Waals surface area (Å²) in [7, 11) is 1.88. The second kappa shape index (κ2) is 6.93. The molecular formula is C23H28N6O. The Morgan fingerprint density at radius 1 is 1.20 bits per heavy atom. The Morgan fingerprint density at radius 2 is 2.10 bits per heavy atom. The van der Waals surface area contributed by atoms with E-state index in [1.807, 2.05) is 19.3 Å². The lowest BCUT2D eigenvalue weighted by molar-refractivity contribution is -0.145. The number of aryl methyl sites for hydroxylation is 1. The van der Waals surface area contributed by atoms with E-state index in [4.69, 9.17) is 4.98 Å². The van der Waals surface area contributed by atoms with Gasteiger partial charge in [-0.3, -0.25) is 9.48 Å². The van der Waals surface area contributed by atoms with Crippen LogP contribution in [0.4, 0.5) is 11.6 Å². The zero-order chi connectivity index (χ0) is 20.2. The molecule has 1 saturated heterocycles. The lowest BCUT2D eigenvalue weighted by Gasteiger charge is -2.48. The van der Waals surface area contributed by atoms with Crippen molar-refractivity contribution < 1.29 is 4.79 Å². The molecule has 3 unspecified atom stereocenters. The number of nitrogens with zero attached hydrogens (tertiary/aromatic N) is 5. The van der Waals surface area contributed by atoms with Crippen LogP contribution in [0.25, 0.3) is 5.57 Å². The van der Waals surface area contributed by atoms with Gasteiger partial charge in [-0.15, -0.1) is 0 Å². The fourth-order valence-corrected chi connectivity index (χ4v) is 6.10. The molecule has 4 fully saturated rings. The molecule has 156 valence electrons. The zero-order valence-corrected chi connectivity index (χ0v) is 17.4. The van der Waals surface area contributed by atoms with E-state index in [9.17, 15) is 4.79 Å². The molecule has 2 aromatic heterocycles. The predicted molar refractivity (Wildman–Crippen MR) is 114 cm³/mol. The van der Waals surface area contributed by atoms with Crippen molar-refractivity contribution in [3.05, 3.63) is 36.4 Å². The van der Waals surface area contributed by atoms with Gasteiger partial charge in [0.25, 0.3) is 0 Å². The van der Waals surface area contributed by atoms with E-state index in [-0.39, 0.29) is 12.0 Å². The van der Waals surface area contributed by atoms with E-state index >= 15 is 0 Å². The summed E-state index contributed by atoms with van der Waals surface area (Å²) in [5.41, 5.74) is 3.07. The zero-order valence-electron chi connectivity index (χ0n) is 17.4. The van der Waals surface area contributed by atoms with Crippen molar-refractivity contribution in [3.63, 3.8) is 0 Å². The first-order valence-electron chi connectivity index (χ1n) is 11.3. The summed E-state index contributed by atoms with van der Waals surface area (Å²) in [5, 5.41) is 7.40. The Kier molecular flexibility index (Phi) is 4.18. The number of nitrogens with one attached hydrogen (secondary N) is 1. The normalized spacial score (nSPS) is 31.8. The number of rotatable bonds is 4. The number of fused-ring (bicyclic) bond motifs is 4. The first-order valence-corrected chi connectivity index (χ1v) is 11.3. The first kappa shape index (κ1) is 18.1. The van der Waals surface area contributed by atoms with E-state index in [0.29, 0.717) is 23.8 Å². The SMILES string of the molecule is Cn1cc(Nc2nccc(C3=CC4CCC(C3)N4C(=O)C3CCC4CC3C4)n2)cn1. The lowest BCUT2D eigenvalue weighted by atomic mass is 9.59. The highest BCUT2D eigenvalue weighted by atomic mass is 16.2. The molecule has 3 atom stereocenters. The fraction of sp³-hybridized carbons (Fsp3) is 0.565. The largest absolute Gasteiger partial charge is 0.333 e. The van der Waals surface area contributed by atoms with Crippen LogP contribution < -0.4 is 5.32 Å². The van der Waals surface area contributed by atoms with Gasteiger partial charge in [-0.05, 0) is 68.4 Å². The van der Waals surface area contributed by atoms with Gasteiger partial charge in [0.05, 0.1) is 23.6 Å². The van der Waals surface area contributed by atoms with E-state index in [0.717, 1.165) is 43.0 Å². The summed E-state index contributed by atoms with van der Waals surface area (Å²) < 4.78 is 1.75. The van der Waals surface area contributed by atoms with Gasteiger partial charge in [0.15, 0.2) is 0 Å². The minimum atomic E-state index is 0.230. The van der Waals surface area contributed by atoms with Crippen LogP contribution in [-0.4, -0.2) is 42.6 Å². The van der Waals surface area contributed by atoms with Crippen LogP contribution in [0.5, 0.6) is 0 Å². The average molecular weight is 405 g/mol. The predicted octanol–water partition coefficient (Wildman–Crippen LogP) is 3.54. The number of anilines is 2. The van der Waals surface area contributed by atoms with Gasteiger partial charge >= 0.3 is 0 Å². The van der Waals surface area contributed by atoms with Gasteiger partial charge in [0, 0.05) is 31.4 Å². The maximum absolute atomic E-state index is 13.4. The topological polar surface area (TPSA) is 75.9 Å². The van der Waals surface area contributed by atoms with Crippen molar-refractivity contribution in [2.24, 2.45) is 24.8 Å². The van der Waals surface area contributed by atoms with Crippen LogP contribution in [0.2, 0.25) is 0 Å². The van der Waals surface area contributed by atoms with Crippen molar-refractivity contribution in [1.82, 2.24) is 24.6 Å². The molecular weight excluding hydrogens is 376 g/mol. The highest BCUT2D eigenvalue weighted by molar-refractivity contribution is 5.82. The van der Waals surface area contributed by atoms with Crippen LogP contribution in [0.1, 0.15) is 50.6 Å². The molecule has 2 aliphatic heterocycles. The highest BCUT2D eigenvalue weighted by Crippen LogP contribution is 2.50. The number of carbonyl (C=O) groups excluding carboxylic acids is 1. The van der Waals surface area contributed by atoms with Crippen molar-refractivity contribution in [2.75, 3.05) is 5.32 Å². The second-order valence-electron chi connectivity index (χ2n) is 9.51. The van der Waals surface area contributed by atoms with Crippen molar-refractivity contribution in [3.8, 4) is 0 Å². The number of hydrogen-bond donors (Lipinski definition) is 1. The third-order valence-electron chi connectivity index (χ3n) is 7.64. The minimum absolute atomic E-state index is 0.230. The van der Waals surface area contributed by atoms with Gasteiger partial charge in [-0.25, -0.2) is 9.97 Å². The molecule has 3 aliphatic carbocycles. The average Bonchev–Trinajstić information content (AvgIpc) is 3.26. The quantitative estimate of drug-likeness (QED) is 0.844. The molecule has 7 nitrogen and oxygen atoms in total. The van der Waals surface area contributed by atoms with Crippen LogP contribution >= 0.6 is 0 Å². The summed E-state index contributed by atoms with van der Waals surface area (Å²) in [6.45, 7) is 0. The van der Waals surface area contributed by atoms with Gasteiger partial charge < -0.3 is 10.2 Å². The Bertz CT molecular complexity index is 1000. The van der Waals surface area contributed by atoms with Crippen LogP contribution in [0.15, 0.2) is 30.7 Å². The van der Waals surface area contributed by atoms with E-state index in [1.165, 1.54) is 24.8 Å². The maximum atomic E-state index is 13.4. The van der Waals surface area contributed by atoms with Gasteiger partial charge in [0.1, 0.15) is 0 Å². The van der Waals surface area contributed by atoms with Crippen LogP contribution in [0.3, 0.4) is 0 Å². The standard InChI is InChI=1S/C23H28N6O/c1-28-13-17(12-25-28)26-23-24-7-6-21(27-23)16-10-18-3-4-19(11-16)29(18)22(30)20-5-2-14-8-15(20)9-14/h6-7,10,12-15,18-20H,2-5,8-9,11H2,1H3,(H,24,26,27). The van der Waals surface area contributed by atoms with Crippen LogP contribution in [0, 0.1) is 17.8 Å². The maximum Gasteiger partial charge on any atom is 0.227 e. The fourth-order valence-electron chi connectivity index (χ4n) is 6.10. The van der Waals surface area contributed by atoms with Gasteiger partial charge in [-0.2, -0.15) is 5.10 Å². The molecule has 0 spiro atoms. The Balaban J connectivity index is 1.21. The molecule has 2 aromatic rings. The molecule has 3 saturated carbocycles. The molecule has 7 rings (SSSR count). The number of amides is 1. The van der Waals surface area contributed by atoms with Crippen molar-refractivity contribution >= 4 is 23.1 Å². The Hall–Kier alpha value is -2.70. The van der Waals surface area contributed by atoms with Gasteiger partial charge in [0.2, 0.25) is 11.9 Å². The van der Waals surface area contributed by atoms with E-state index in [1.54, 1.807) is 17.1 Å². The molecule has 1 amide bonds. The summed E-state index contributed by atoms with van der Waals surface area (Å²) in [6.07, 6.45) is 15.8.